The Balaban J connectivity index is 0.00000192. The van der Waals surface area contributed by atoms with Crippen LogP contribution in [0.3, 0.4) is 0 Å². The number of rotatable bonds is 3. The van der Waals surface area contributed by atoms with Crippen LogP contribution in [0.1, 0.15) is 5.82 Å². The molecule has 2 N–H and O–H groups in total. The van der Waals surface area contributed by atoms with E-state index in [1.165, 1.54) is 0 Å². The van der Waals surface area contributed by atoms with Crippen molar-refractivity contribution in [3.05, 3.63) is 42.4 Å². The molecule has 1 atom stereocenters. The Morgan fingerprint density at radius 2 is 2.26 bits per heavy atom. The van der Waals surface area contributed by atoms with Crippen LogP contribution in [0.25, 0.3) is 11.3 Å². The predicted octanol–water partition coefficient (Wildman–Crippen LogP) is 1.80. The lowest BCUT2D eigenvalue weighted by atomic mass is 10.1. The zero-order valence-corrected chi connectivity index (χ0v) is 13.6. The second-order valence-corrected chi connectivity index (χ2v) is 5.12. The third-order valence-corrected chi connectivity index (χ3v) is 3.42. The largest absolute Gasteiger partial charge is 0.366 e. The minimum Gasteiger partial charge on any atom is -0.366 e. The normalized spacial score (nSPS) is 17.2. The summed E-state index contributed by atoms with van der Waals surface area (Å²) in [6.07, 6.45) is 1.28. The molecule has 1 unspecified atom stereocenters. The van der Waals surface area contributed by atoms with Crippen molar-refractivity contribution in [2.24, 2.45) is 0 Å². The fourth-order valence-electron chi connectivity index (χ4n) is 2.33. The number of carbonyl (C=O) groups is 1. The molecule has 122 valence electrons. The number of hydrogen-bond acceptors (Lipinski definition) is 5. The first-order chi connectivity index (χ1) is 10.7. The molecule has 6 nitrogen and oxygen atoms in total. The highest BCUT2D eigenvalue weighted by Crippen LogP contribution is 2.21. The van der Waals surface area contributed by atoms with Gasteiger partial charge < -0.3 is 15.4 Å². The second-order valence-electron chi connectivity index (χ2n) is 5.12. The lowest BCUT2D eigenvalue weighted by Gasteiger charge is -2.22. The van der Waals surface area contributed by atoms with Crippen molar-refractivity contribution >= 4 is 24.0 Å². The van der Waals surface area contributed by atoms with E-state index >= 15 is 0 Å². The minimum atomic E-state index is -0.446. The molecule has 1 aliphatic rings. The molecule has 1 aliphatic heterocycles. The first-order valence-corrected chi connectivity index (χ1v) is 7.25. The molecule has 1 aromatic carbocycles. The molecule has 1 fully saturated rings. The van der Waals surface area contributed by atoms with Crippen LogP contribution in [0, 0.1) is 6.92 Å². The van der Waals surface area contributed by atoms with Gasteiger partial charge in [0.05, 0.1) is 12.3 Å². The van der Waals surface area contributed by atoms with Crippen molar-refractivity contribution in [2.75, 3.05) is 25.0 Å². The summed E-state index contributed by atoms with van der Waals surface area (Å²) in [5, 5.41) is 6.03. The zero-order valence-electron chi connectivity index (χ0n) is 12.8. The van der Waals surface area contributed by atoms with E-state index in [1.807, 2.05) is 37.3 Å². The SMILES string of the molecule is Cc1nccc(-c2cccc(NC(=O)C3CNCCO3)c2)n1.Cl. The first-order valence-electron chi connectivity index (χ1n) is 7.25. The molecular formula is C16H19ClN4O2. The standard InChI is InChI=1S/C16H18N4O2.ClH/c1-11-18-6-5-14(19-11)12-3-2-4-13(9-12)20-16(21)15-10-17-7-8-22-15;/h2-6,9,15,17H,7-8,10H2,1H3,(H,20,21);1H. The predicted molar refractivity (Wildman–Crippen MR) is 90.7 cm³/mol. The minimum absolute atomic E-state index is 0. The van der Waals surface area contributed by atoms with Gasteiger partial charge in [0.25, 0.3) is 5.91 Å². The highest BCUT2D eigenvalue weighted by molar-refractivity contribution is 5.95. The topological polar surface area (TPSA) is 76.1 Å². The summed E-state index contributed by atoms with van der Waals surface area (Å²) in [6, 6.07) is 9.45. The lowest BCUT2D eigenvalue weighted by molar-refractivity contribution is -0.128. The monoisotopic (exact) mass is 334 g/mol. The van der Waals surface area contributed by atoms with Gasteiger partial charge in [-0.25, -0.2) is 9.97 Å². The summed E-state index contributed by atoms with van der Waals surface area (Å²) in [6.45, 7) is 3.73. The Morgan fingerprint density at radius 1 is 1.39 bits per heavy atom. The number of halogens is 1. The molecule has 7 heteroatoms. The number of anilines is 1. The van der Waals surface area contributed by atoms with E-state index in [-0.39, 0.29) is 18.3 Å². The van der Waals surface area contributed by atoms with Crippen LogP contribution < -0.4 is 10.6 Å². The van der Waals surface area contributed by atoms with E-state index in [9.17, 15) is 4.79 Å². The number of benzene rings is 1. The smallest absolute Gasteiger partial charge is 0.254 e. The van der Waals surface area contributed by atoms with E-state index in [2.05, 4.69) is 20.6 Å². The van der Waals surface area contributed by atoms with Crippen LogP contribution in [0.2, 0.25) is 0 Å². The molecule has 0 radical (unpaired) electrons. The summed E-state index contributed by atoms with van der Waals surface area (Å²) in [5.74, 6) is 0.580. The van der Waals surface area contributed by atoms with Gasteiger partial charge >= 0.3 is 0 Å². The van der Waals surface area contributed by atoms with Crippen molar-refractivity contribution in [1.29, 1.82) is 0 Å². The van der Waals surface area contributed by atoms with Crippen molar-refractivity contribution in [1.82, 2.24) is 15.3 Å². The molecule has 1 amide bonds. The fraction of sp³-hybridized carbons (Fsp3) is 0.312. The van der Waals surface area contributed by atoms with Crippen LogP contribution in [-0.4, -0.2) is 41.7 Å². The summed E-state index contributed by atoms with van der Waals surface area (Å²) in [7, 11) is 0. The van der Waals surface area contributed by atoms with Crippen LogP contribution in [0.15, 0.2) is 36.5 Å². The molecule has 1 aromatic heterocycles. The molecule has 1 saturated heterocycles. The van der Waals surface area contributed by atoms with Gasteiger partial charge in [0.1, 0.15) is 11.9 Å². The molecule has 0 spiro atoms. The Hall–Kier alpha value is -2.02. The third-order valence-electron chi connectivity index (χ3n) is 3.42. The second kappa shape index (κ2) is 8.01. The lowest BCUT2D eigenvalue weighted by Crippen LogP contribution is -2.45. The van der Waals surface area contributed by atoms with E-state index in [0.29, 0.717) is 19.0 Å². The number of hydrogen-bond donors (Lipinski definition) is 2. The maximum atomic E-state index is 12.2. The maximum absolute atomic E-state index is 12.2. The molecular weight excluding hydrogens is 316 g/mol. The van der Waals surface area contributed by atoms with Crippen molar-refractivity contribution < 1.29 is 9.53 Å². The number of amides is 1. The van der Waals surface area contributed by atoms with Gasteiger partial charge in [-0.15, -0.1) is 12.4 Å². The molecule has 0 aliphatic carbocycles. The summed E-state index contributed by atoms with van der Waals surface area (Å²) < 4.78 is 5.45. The van der Waals surface area contributed by atoms with Crippen molar-refractivity contribution in [3.63, 3.8) is 0 Å². The van der Waals surface area contributed by atoms with E-state index in [0.717, 1.165) is 23.5 Å². The van der Waals surface area contributed by atoms with Gasteiger partial charge in [0, 0.05) is 30.5 Å². The fourth-order valence-corrected chi connectivity index (χ4v) is 2.33. The Morgan fingerprint density at radius 3 is 3.00 bits per heavy atom. The Labute approximate surface area is 141 Å². The third kappa shape index (κ3) is 4.48. The Kier molecular flexibility index (Phi) is 6.04. The number of aromatic nitrogens is 2. The van der Waals surface area contributed by atoms with Crippen molar-refractivity contribution in [3.8, 4) is 11.3 Å². The highest BCUT2D eigenvalue weighted by atomic mass is 35.5. The Bertz CT molecular complexity index is 675. The average Bonchev–Trinajstić information content (AvgIpc) is 2.56. The summed E-state index contributed by atoms with van der Waals surface area (Å²) >= 11 is 0. The van der Waals surface area contributed by atoms with Gasteiger partial charge in [-0.05, 0) is 25.1 Å². The molecule has 0 saturated carbocycles. The number of morpholine rings is 1. The van der Waals surface area contributed by atoms with Gasteiger partial charge in [0.15, 0.2) is 0 Å². The number of aryl methyl sites for hydroxylation is 1. The molecule has 23 heavy (non-hydrogen) atoms. The first kappa shape index (κ1) is 17.3. The van der Waals surface area contributed by atoms with E-state index < -0.39 is 6.10 Å². The van der Waals surface area contributed by atoms with Crippen molar-refractivity contribution in [2.45, 2.75) is 13.0 Å². The molecule has 2 aromatic rings. The average molecular weight is 335 g/mol. The van der Waals surface area contributed by atoms with E-state index in [4.69, 9.17) is 4.74 Å². The van der Waals surface area contributed by atoms with Crippen LogP contribution in [-0.2, 0) is 9.53 Å². The number of nitrogens with one attached hydrogen (secondary N) is 2. The summed E-state index contributed by atoms with van der Waals surface area (Å²) in [5.41, 5.74) is 2.50. The number of carbonyl (C=O) groups excluding carboxylic acids is 1. The van der Waals surface area contributed by atoms with Gasteiger partial charge in [0.2, 0.25) is 0 Å². The van der Waals surface area contributed by atoms with E-state index in [1.54, 1.807) is 6.20 Å². The zero-order chi connectivity index (χ0) is 15.4. The van der Waals surface area contributed by atoms with Gasteiger partial charge in [-0.3, -0.25) is 4.79 Å². The van der Waals surface area contributed by atoms with Gasteiger partial charge in [-0.2, -0.15) is 0 Å². The molecule has 2 heterocycles. The van der Waals surface area contributed by atoms with Gasteiger partial charge in [-0.1, -0.05) is 12.1 Å². The van der Waals surface area contributed by atoms with Crippen LogP contribution in [0.4, 0.5) is 5.69 Å². The summed E-state index contributed by atoms with van der Waals surface area (Å²) in [4.78, 5) is 20.7. The number of nitrogens with zero attached hydrogens (tertiary/aromatic N) is 2. The molecule has 3 rings (SSSR count). The van der Waals surface area contributed by atoms with Crippen LogP contribution in [0.5, 0.6) is 0 Å². The maximum Gasteiger partial charge on any atom is 0.254 e. The quantitative estimate of drug-likeness (QED) is 0.895. The number of ether oxygens (including phenoxy) is 1. The highest BCUT2D eigenvalue weighted by Gasteiger charge is 2.21. The molecule has 0 bridgehead atoms. The van der Waals surface area contributed by atoms with Crippen LogP contribution >= 0.6 is 12.4 Å².